The summed E-state index contributed by atoms with van der Waals surface area (Å²) in [6, 6.07) is 20.5. The average Bonchev–Trinajstić information content (AvgIpc) is 2.99. The average molecular weight is 672 g/mol. The maximum atomic E-state index is 13.4. The van der Waals surface area contributed by atoms with Gasteiger partial charge >= 0.3 is 6.03 Å². The van der Waals surface area contributed by atoms with Gasteiger partial charge in [-0.3, -0.25) is 14.9 Å². The molecule has 44 heavy (non-hydrogen) atoms. The van der Waals surface area contributed by atoms with Crippen LogP contribution in [0.2, 0.25) is 20.1 Å². The van der Waals surface area contributed by atoms with E-state index in [-0.39, 0.29) is 24.5 Å². The van der Waals surface area contributed by atoms with Crippen molar-refractivity contribution in [2.24, 2.45) is 0 Å². The number of halogens is 4. The highest BCUT2D eigenvalue weighted by Crippen LogP contribution is 2.32. The Morgan fingerprint density at radius 3 is 1.93 bits per heavy atom. The van der Waals surface area contributed by atoms with Gasteiger partial charge in [0, 0.05) is 31.2 Å². The van der Waals surface area contributed by atoms with Crippen molar-refractivity contribution in [3.63, 3.8) is 0 Å². The Labute approximate surface area is 272 Å². The molecule has 1 aliphatic heterocycles. The van der Waals surface area contributed by atoms with Gasteiger partial charge in [0.25, 0.3) is 11.8 Å². The molecule has 1 saturated heterocycles. The number of ether oxygens (including phenoxy) is 3. The molecule has 12 heteroatoms. The smallest absolute Gasteiger partial charge is 0.335 e. The van der Waals surface area contributed by atoms with E-state index in [4.69, 9.17) is 60.6 Å². The van der Waals surface area contributed by atoms with Gasteiger partial charge in [0.1, 0.15) is 24.5 Å². The summed E-state index contributed by atoms with van der Waals surface area (Å²) < 4.78 is 17.1. The first-order valence-electron chi connectivity index (χ1n) is 13.0. The lowest BCUT2D eigenvalue weighted by molar-refractivity contribution is -0.122. The lowest BCUT2D eigenvalue weighted by atomic mass is 10.1. The quantitative estimate of drug-likeness (QED) is 0.143. The first-order valence-corrected chi connectivity index (χ1v) is 14.5. The molecule has 1 N–H and O–H groups in total. The number of nitrogens with zero attached hydrogens (tertiary/aromatic N) is 1. The zero-order valence-corrected chi connectivity index (χ0v) is 25.9. The molecule has 0 aromatic heterocycles. The van der Waals surface area contributed by atoms with Crippen LogP contribution < -0.4 is 24.4 Å². The number of hydrogen-bond acceptors (Lipinski definition) is 6. The number of methoxy groups -OCH3 is 1. The van der Waals surface area contributed by atoms with Crippen molar-refractivity contribution in [3.8, 4) is 17.2 Å². The molecule has 8 nitrogen and oxygen atoms in total. The van der Waals surface area contributed by atoms with Crippen molar-refractivity contribution in [3.05, 3.63) is 121 Å². The monoisotopic (exact) mass is 670 g/mol. The molecular formula is C32H22Cl4N2O6. The molecular weight excluding hydrogens is 650 g/mol. The molecule has 0 spiro atoms. The molecule has 5 rings (SSSR count). The molecule has 0 atom stereocenters. The van der Waals surface area contributed by atoms with Gasteiger partial charge in [0.05, 0.1) is 12.8 Å². The number of rotatable bonds is 9. The molecule has 0 radical (unpaired) electrons. The SMILES string of the molecule is COc1cc(/C=C2\C(=O)NC(=O)N(c3ccc(OCc4ccc(Cl)cc4Cl)cc3)C2=O)ccc1OCc1ccc(Cl)cc1Cl. The van der Waals surface area contributed by atoms with Crippen LogP contribution >= 0.6 is 46.4 Å². The van der Waals surface area contributed by atoms with E-state index < -0.39 is 17.8 Å². The van der Waals surface area contributed by atoms with Gasteiger partial charge in [0.15, 0.2) is 11.5 Å². The Morgan fingerprint density at radius 1 is 0.727 bits per heavy atom. The second kappa shape index (κ2) is 13.6. The standard InChI is InChI=1S/C32H22Cl4N2O6/c1-42-29-13-18(2-11-28(29)44-17-20-4-6-22(34)15-27(20)36)12-25-30(39)37-32(41)38(31(25)40)23-7-9-24(10-8-23)43-16-19-3-5-21(33)14-26(19)35/h2-15H,16-17H2,1H3,(H,37,39,41)/b25-12+. The largest absolute Gasteiger partial charge is 0.493 e. The number of nitrogens with one attached hydrogen (secondary N) is 1. The number of carbonyl (C=O) groups excluding carboxylic acids is 3. The van der Waals surface area contributed by atoms with Crippen LogP contribution in [-0.2, 0) is 22.8 Å². The first-order chi connectivity index (χ1) is 21.1. The minimum absolute atomic E-state index is 0.156. The molecule has 0 bridgehead atoms. The second-order valence-electron chi connectivity index (χ2n) is 9.41. The number of anilines is 1. The zero-order chi connectivity index (χ0) is 31.4. The summed E-state index contributed by atoms with van der Waals surface area (Å²) in [6.45, 7) is 0.339. The maximum Gasteiger partial charge on any atom is 0.335 e. The summed E-state index contributed by atoms with van der Waals surface area (Å²) in [4.78, 5) is 39.6. The summed E-state index contributed by atoms with van der Waals surface area (Å²) in [7, 11) is 1.46. The molecule has 0 unspecified atom stereocenters. The maximum absolute atomic E-state index is 13.4. The van der Waals surface area contributed by atoms with Gasteiger partial charge in [-0.1, -0.05) is 64.6 Å². The van der Waals surface area contributed by atoms with Crippen molar-refractivity contribution in [1.29, 1.82) is 0 Å². The number of amides is 4. The van der Waals surface area contributed by atoms with Gasteiger partial charge in [-0.15, -0.1) is 0 Å². The third-order valence-corrected chi connectivity index (χ3v) is 7.68. The number of urea groups is 1. The third kappa shape index (κ3) is 7.11. The molecule has 4 aromatic rings. The van der Waals surface area contributed by atoms with Crippen molar-refractivity contribution in [1.82, 2.24) is 5.32 Å². The summed E-state index contributed by atoms with van der Waals surface area (Å²) in [5.41, 5.74) is 1.93. The molecule has 1 aliphatic rings. The molecule has 4 aromatic carbocycles. The highest BCUT2D eigenvalue weighted by molar-refractivity contribution is 6.39. The predicted octanol–water partition coefficient (Wildman–Crippen LogP) is 8.13. The molecule has 0 aliphatic carbocycles. The highest BCUT2D eigenvalue weighted by atomic mass is 35.5. The van der Waals surface area contributed by atoms with Crippen LogP contribution in [0.5, 0.6) is 17.2 Å². The van der Waals surface area contributed by atoms with E-state index in [2.05, 4.69) is 5.32 Å². The fourth-order valence-electron chi connectivity index (χ4n) is 4.24. The summed E-state index contributed by atoms with van der Waals surface area (Å²) >= 11 is 24.3. The van der Waals surface area contributed by atoms with Crippen molar-refractivity contribution < 1.29 is 28.6 Å². The van der Waals surface area contributed by atoms with E-state index in [1.54, 1.807) is 66.7 Å². The first kappa shape index (κ1) is 31.2. The molecule has 224 valence electrons. The second-order valence-corrected chi connectivity index (χ2v) is 11.1. The number of barbiturate groups is 1. The van der Waals surface area contributed by atoms with Crippen LogP contribution in [0.1, 0.15) is 16.7 Å². The van der Waals surface area contributed by atoms with Crippen molar-refractivity contribution in [2.45, 2.75) is 13.2 Å². The highest BCUT2D eigenvalue weighted by Gasteiger charge is 2.36. The van der Waals surface area contributed by atoms with Crippen LogP contribution in [0.25, 0.3) is 6.08 Å². The number of hydrogen-bond donors (Lipinski definition) is 1. The number of carbonyl (C=O) groups is 3. The molecule has 4 amide bonds. The molecule has 0 saturated carbocycles. The Kier molecular flexibility index (Phi) is 9.66. The fraction of sp³-hybridized carbons (Fsp3) is 0.0938. The normalized spacial score (nSPS) is 14.1. The Hall–Kier alpha value is -4.21. The Bertz CT molecular complexity index is 1790. The van der Waals surface area contributed by atoms with Crippen LogP contribution in [-0.4, -0.2) is 25.0 Å². The van der Waals surface area contributed by atoms with E-state index in [1.807, 2.05) is 0 Å². The van der Waals surface area contributed by atoms with Crippen LogP contribution in [0.4, 0.5) is 10.5 Å². The predicted molar refractivity (Wildman–Crippen MR) is 170 cm³/mol. The molecule has 1 fully saturated rings. The summed E-state index contributed by atoms with van der Waals surface area (Å²) in [6.07, 6.45) is 1.37. The van der Waals surface area contributed by atoms with Gasteiger partial charge < -0.3 is 14.2 Å². The van der Waals surface area contributed by atoms with E-state index in [1.165, 1.54) is 25.3 Å². The van der Waals surface area contributed by atoms with Crippen LogP contribution in [0.3, 0.4) is 0 Å². The van der Waals surface area contributed by atoms with Gasteiger partial charge in [-0.25, -0.2) is 9.69 Å². The molecule has 1 heterocycles. The van der Waals surface area contributed by atoms with Crippen LogP contribution in [0, 0.1) is 0 Å². The minimum Gasteiger partial charge on any atom is -0.493 e. The minimum atomic E-state index is -0.874. The fourth-order valence-corrected chi connectivity index (χ4v) is 5.16. The van der Waals surface area contributed by atoms with E-state index >= 15 is 0 Å². The van der Waals surface area contributed by atoms with E-state index in [9.17, 15) is 14.4 Å². The topological polar surface area (TPSA) is 94.2 Å². The lowest BCUT2D eigenvalue weighted by Gasteiger charge is -2.26. The number of imide groups is 2. The van der Waals surface area contributed by atoms with E-state index in [0.29, 0.717) is 42.9 Å². The van der Waals surface area contributed by atoms with Crippen molar-refractivity contribution in [2.75, 3.05) is 12.0 Å². The Morgan fingerprint density at radius 2 is 1.34 bits per heavy atom. The van der Waals surface area contributed by atoms with Gasteiger partial charge in [0.2, 0.25) is 0 Å². The lowest BCUT2D eigenvalue weighted by Crippen LogP contribution is -2.54. The third-order valence-electron chi connectivity index (χ3n) is 6.50. The van der Waals surface area contributed by atoms with Crippen LogP contribution in [0.15, 0.2) is 84.4 Å². The summed E-state index contributed by atoms with van der Waals surface area (Å²) in [5, 5.41) is 4.17. The zero-order valence-electron chi connectivity index (χ0n) is 22.9. The number of benzene rings is 4. The van der Waals surface area contributed by atoms with Gasteiger partial charge in [-0.05, 0) is 72.3 Å². The summed E-state index contributed by atoms with van der Waals surface area (Å²) in [5.74, 6) is -0.372. The van der Waals surface area contributed by atoms with Crippen molar-refractivity contribution >= 4 is 76.0 Å². The Balaban J connectivity index is 1.31. The van der Waals surface area contributed by atoms with E-state index in [0.717, 1.165) is 16.0 Å². The van der Waals surface area contributed by atoms with Gasteiger partial charge in [-0.2, -0.15) is 0 Å².